The second-order valence-electron chi connectivity index (χ2n) is 8.35. The van der Waals surface area contributed by atoms with Crippen molar-refractivity contribution in [3.63, 3.8) is 0 Å². The van der Waals surface area contributed by atoms with Crippen molar-refractivity contribution in [1.82, 2.24) is 0 Å². The van der Waals surface area contributed by atoms with Gasteiger partial charge >= 0.3 is 68.3 Å². The molecule has 1 unspecified atom stereocenters. The summed E-state index contributed by atoms with van der Waals surface area (Å²) in [5, 5.41) is 9.27. The summed E-state index contributed by atoms with van der Waals surface area (Å²) in [6, 6.07) is 0. The van der Waals surface area contributed by atoms with Crippen LogP contribution in [0.5, 0.6) is 0 Å². The number of halogens is 21. The maximum atomic E-state index is 14.9. The molecular formula is C18H19F21O4Si. The Labute approximate surface area is 232 Å². The Morgan fingerprint density at radius 2 is 0.659 bits per heavy atom. The standard InChI is InChI=1S/C18H19F21O4Si/c1-4-41-44(42-5-2,43-6-3)8(7-40)9(19,20)10(21,22)11(23,24)12(25,26)13(27,28)14(29,30)15(31,32)16(33,34)17(35,36)18(37,38)39/h8,40H,4-7H2,1-3H3. The van der Waals surface area contributed by atoms with Gasteiger partial charge in [-0.05, 0) is 20.8 Å². The van der Waals surface area contributed by atoms with Crippen molar-refractivity contribution >= 4 is 8.80 Å². The first-order valence-corrected chi connectivity index (χ1v) is 12.9. The fraction of sp³-hybridized carbons (Fsp3) is 1.00. The molecule has 0 bridgehead atoms. The number of rotatable bonds is 17. The van der Waals surface area contributed by atoms with E-state index in [1.807, 2.05) is 0 Å². The molecule has 0 amide bonds. The largest absolute Gasteiger partial charge is 0.513 e. The van der Waals surface area contributed by atoms with E-state index in [9.17, 15) is 97.3 Å². The zero-order valence-electron chi connectivity index (χ0n) is 21.5. The van der Waals surface area contributed by atoms with Gasteiger partial charge < -0.3 is 18.4 Å². The van der Waals surface area contributed by atoms with Crippen LogP contribution in [0.15, 0.2) is 0 Å². The lowest BCUT2D eigenvalue weighted by molar-refractivity contribution is -0.474. The fourth-order valence-electron chi connectivity index (χ4n) is 3.27. The molecule has 0 heterocycles. The van der Waals surface area contributed by atoms with Crippen molar-refractivity contribution in [2.75, 3.05) is 26.4 Å². The van der Waals surface area contributed by atoms with E-state index in [1.54, 1.807) is 0 Å². The van der Waals surface area contributed by atoms with Crippen molar-refractivity contribution in [2.45, 2.75) is 85.8 Å². The van der Waals surface area contributed by atoms with Crippen LogP contribution in [0.25, 0.3) is 0 Å². The van der Waals surface area contributed by atoms with Gasteiger partial charge in [0.1, 0.15) is 5.54 Å². The minimum absolute atomic E-state index is 0.855. The van der Waals surface area contributed by atoms with E-state index < -0.39 is 100 Å². The average molecular weight is 726 g/mol. The zero-order chi connectivity index (χ0) is 36.0. The molecule has 0 aliphatic heterocycles. The Hall–Kier alpha value is -1.41. The van der Waals surface area contributed by atoms with Crippen LogP contribution in [0.2, 0.25) is 5.54 Å². The molecule has 0 spiro atoms. The van der Waals surface area contributed by atoms with Crippen LogP contribution in [0.4, 0.5) is 92.2 Å². The first-order chi connectivity index (χ1) is 19.1. The third-order valence-corrected chi connectivity index (χ3v) is 9.09. The van der Waals surface area contributed by atoms with Crippen LogP contribution in [0, 0.1) is 0 Å². The van der Waals surface area contributed by atoms with E-state index in [4.69, 9.17) is 0 Å². The summed E-state index contributed by atoms with van der Waals surface area (Å²) < 4.78 is 301. The minimum atomic E-state index is -9.27. The topological polar surface area (TPSA) is 47.9 Å². The molecule has 0 rings (SSSR count). The molecule has 0 saturated carbocycles. The monoisotopic (exact) mass is 726 g/mol. The average Bonchev–Trinajstić information content (AvgIpc) is 2.83. The number of hydrogen-bond donors (Lipinski definition) is 1. The Bertz CT molecular complexity index is 950. The summed E-state index contributed by atoms with van der Waals surface area (Å²) >= 11 is 0. The number of aliphatic hydroxyl groups excluding tert-OH is 1. The number of alkyl halides is 21. The molecule has 266 valence electrons. The lowest BCUT2D eigenvalue weighted by atomic mass is 9.86. The van der Waals surface area contributed by atoms with Crippen molar-refractivity contribution < 1.29 is 111 Å². The normalized spacial score (nSPS) is 16.8. The van der Waals surface area contributed by atoms with E-state index in [0.29, 0.717) is 0 Å². The predicted molar refractivity (Wildman–Crippen MR) is 102 cm³/mol. The number of aliphatic hydroxyl groups is 1. The molecular weight excluding hydrogens is 707 g/mol. The molecule has 0 radical (unpaired) electrons. The van der Waals surface area contributed by atoms with Crippen molar-refractivity contribution in [2.24, 2.45) is 0 Å². The first kappa shape index (κ1) is 42.6. The van der Waals surface area contributed by atoms with Gasteiger partial charge in [0.2, 0.25) is 0 Å². The molecule has 1 atom stereocenters. The van der Waals surface area contributed by atoms with Crippen LogP contribution in [-0.4, -0.2) is 99.8 Å². The van der Waals surface area contributed by atoms with Gasteiger partial charge in [0, 0.05) is 19.8 Å². The highest BCUT2D eigenvalue weighted by atomic mass is 28.4. The second kappa shape index (κ2) is 12.3. The molecule has 26 heteroatoms. The summed E-state index contributed by atoms with van der Waals surface area (Å²) in [5.74, 6) is -78.5. The molecule has 0 fully saturated rings. The summed E-state index contributed by atoms with van der Waals surface area (Å²) in [4.78, 5) is 0. The smallest absolute Gasteiger partial charge is 0.396 e. The van der Waals surface area contributed by atoms with E-state index in [0.717, 1.165) is 20.8 Å². The van der Waals surface area contributed by atoms with Crippen LogP contribution in [0.3, 0.4) is 0 Å². The van der Waals surface area contributed by atoms with Crippen molar-refractivity contribution in [1.29, 1.82) is 0 Å². The van der Waals surface area contributed by atoms with E-state index in [1.165, 1.54) is 0 Å². The van der Waals surface area contributed by atoms with Crippen LogP contribution >= 0.6 is 0 Å². The summed E-state index contributed by atoms with van der Waals surface area (Å²) in [5.41, 5.74) is -4.10. The zero-order valence-corrected chi connectivity index (χ0v) is 22.5. The maximum absolute atomic E-state index is 14.9. The van der Waals surface area contributed by atoms with Gasteiger partial charge in [0.05, 0.1) is 6.61 Å². The molecule has 0 aromatic rings. The Kier molecular flexibility index (Phi) is 11.9. The highest BCUT2D eigenvalue weighted by Crippen LogP contribution is 2.67. The van der Waals surface area contributed by atoms with Gasteiger partial charge in [-0.15, -0.1) is 0 Å². The molecule has 4 nitrogen and oxygen atoms in total. The quantitative estimate of drug-likeness (QED) is 0.124. The van der Waals surface area contributed by atoms with E-state index in [2.05, 4.69) is 13.3 Å². The predicted octanol–water partition coefficient (Wildman–Crippen LogP) is 7.68. The molecule has 44 heavy (non-hydrogen) atoms. The highest BCUT2D eigenvalue weighted by molar-refractivity contribution is 6.62. The van der Waals surface area contributed by atoms with E-state index in [-0.39, 0.29) is 0 Å². The maximum Gasteiger partial charge on any atom is 0.513 e. The van der Waals surface area contributed by atoms with Crippen LogP contribution < -0.4 is 0 Å². The third kappa shape index (κ3) is 5.71. The van der Waals surface area contributed by atoms with Crippen molar-refractivity contribution in [3.8, 4) is 0 Å². The Balaban J connectivity index is 7.44. The Morgan fingerprint density at radius 3 is 0.864 bits per heavy atom. The second-order valence-corrected chi connectivity index (χ2v) is 11.1. The molecule has 0 aliphatic rings. The lowest BCUT2D eigenvalue weighted by Gasteiger charge is -2.46. The SMILES string of the molecule is CCO[Si](OCC)(OCC)C(CO)C(F)(F)C(F)(F)C(F)(F)C(F)(F)C(F)(F)C(F)(F)C(F)(F)C(F)(F)C(F)(F)C(F)(F)F. The van der Waals surface area contributed by atoms with Crippen molar-refractivity contribution in [3.05, 3.63) is 0 Å². The lowest BCUT2D eigenvalue weighted by Crippen LogP contribution is -2.77. The molecule has 0 aliphatic carbocycles. The minimum Gasteiger partial charge on any atom is -0.396 e. The Morgan fingerprint density at radius 1 is 0.432 bits per heavy atom. The summed E-state index contributed by atoms with van der Waals surface area (Å²) in [6.07, 6.45) is -8.05. The highest BCUT2D eigenvalue weighted by Gasteiger charge is 2.98. The van der Waals surface area contributed by atoms with Gasteiger partial charge in [0.15, 0.2) is 0 Å². The summed E-state index contributed by atoms with van der Waals surface area (Å²) in [6.45, 7) is -2.84. The molecule has 0 saturated heterocycles. The third-order valence-electron chi connectivity index (χ3n) is 5.62. The molecule has 1 N–H and O–H groups in total. The van der Waals surface area contributed by atoms with Gasteiger partial charge in [0.25, 0.3) is 0 Å². The van der Waals surface area contributed by atoms with E-state index >= 15 is 0 Å². The van der Waals surface area contributed by atoms with Crippen LogP contribution in [0.1, 0.15) is 20.8 Å². The van der Waals surface area contributed by atoms with Gasteiger partial charge in [-0.1, -0.05) is 0 Å². The fourth-order valence-corrected chi connectivity index (χ4v) is 6.18. The van der Waals surface area contributed by atoms with Gasteiger partial charge in [-0.3, -0.25) is 0 Å². The molecule has 0 aromatic carbocycles. The first-order valence-electron chi connectivity index (χ1n) is 11.1. The van der Waals surface area contributed by atoms with Gasteiger partial charge in [-0.2, -0.15) is 92.2 Å². The number of hydrogen-bond acceptors (Lipinski definition) is 4. The van der Waals surface area contributed by atoms with Crippen LogP contribution in [-0.2, 0) is 13.3 Å². The van der Waals surface area contributed by atoms with Gasteiger partial charge in [-0.25, -0.2) is 0 Å². The molecule has 0 aromatic heterocycles. The summed E-state index contributed by atoms with van der Waals surface area (Å²) in [7, 11) is -5.79.